The van der Waals surface area contributed by atoms with Crippen LogP contribution in [0.2, 0.25) is 0 Å². The van der Waals surface area contributed by atoms with E-state index in [1.165, 1.54) is 6.20 Å². The SMILES string of the molecule is Cc1cc(Cc2cnc(C(C)(N=O)C(F)(F)F)s2)cc(Nc2ncccn2)c1. The summed E-state index contributed by atoms with van der Waals surface area (Å²) in [5.74, 6) is 0.442. The largest absolute Gasteiger partial charge is 0.423 e. The van der Waals surface area contributed by atoms with E-state index < -0.39 is 11.7 Å². The summed E-state index contributed by atoms with van der Waals surface area (Å²) in [5.41, 5.74) is -0.239. The topological polar surface area (TPSA) is 80.1 Å². The highest BCUT2D eigenvalue weighted by atomic mass is 32.1. The molecule has 1 unspecified atom stereocenters. The number of aromatic nitrogens is 3. The minimum absolute atomic E-state index is 0.367. The van der Waals surface area contributed by atoms with Crippen LogP contribution >= 0.6 is 11.3 Å². The van der Waals surface area contributed by atoms with Crippen LogP contribution in [0.1, 0.15) is 27.9 Å². The van der Waals surface area contributed by atoms with Crippen molar-refractivity contribution < 1.29 is 13.2 Å². The average Bonchev–Trinajstić information content (AvgIpc) is 3.09. The molecule has 3 rings (SSSR count). The van der Waals surface area contributed by atoms with E-state index in [-0.39, 0.29) is 5.01 Å². The minimum Gasteiger partial charge on any atom is -0.324 e. The quantitative estimate of drug-likeness (QED) is 0.574. The van der Waals surface area contributed by atoms with Gasteiger partial charge in [-0.2, -0.15) is 13.2 Å². The van der Waals surface area contributed by atoms with E-state index in [1.807, 2.05) is 25.1 Å². The van der Waals surface area contributed by atoms with E-state index in [0.717, 1.165) is 35.1 Å². The Bertz CT molecular complexity index is 977. The molecule has 0 saturated heterocycles. The molecule has 0 radical (unpaired) electrons. The fourth-order valence-corrected chi connectivity index (χ4v) is 3.61. The lowest BCUT2D eigenvalue weighted by molar-refractivity contribution is -0.183. The molecule has 0 spiro atoms. The van der Waals surface area contributed by atoms with Crippen molar-refractivity contribution in [3.05, 3.63) is 68.8 Å². The summed E-state index contributed by atoms with van der Waals surface area (Å²) in [7, 11) is 0. The van der Waals surface area contributed by atoms with E-state index in [4.69, 9.17) is 0 Å². The van der Waals surface area contributed by atoms with Crippen molar-refractivity contribution in [2.75, 3.05) is 5.32 Å². The summed E-state index contributed by atoms with van der Waals surface area (Å²) < 4.78 is 39.6. The van der Waals surface area contributed by atoms with E-state index >= 15 is 0 Å². The standard InChI is InChI=1S/C18H16F3N5OS/c1-11-6-12(8-13(7-11)25-16-22-4-3-5-23-16)9-14-10-24-15(28-14)17(2,26-27)18(19,20)21/h3-8,10H,9H2,1-2H3,(H,22,23,25). The Labute approximate surface area is 162 Å². The van der Waals surface area contributed by atoms with Crippen LogP contribution in [0.15, 0.2) is 48.0 Å². The lowest BCUT2D eigenvalue weighted by atomic mass is 10.1. The number of hydrogen-bond acceptors (Lipinski definition) is 7. The number of nitroso groups, excluding NO2 is 1. The summed E-state index contributed by atoms with van der Waals surface area (Å²) in [6.45, 7) is 2.65. The van der Waals surface area contributed by atoms with Gasteiger partial charge in [0.15, 0.2) is 0 Å². The number of thiazole rings is 1. The van der Waals surface area contributed by atoms with E-state index in [0.29, 0.717) is 17.2 Å². The summed E-state index contributed by atoms with van der Waals surface area (Å²) in [6, 6.07) is 7.41. The Kier molecular flexibility index (Phi) is 5.41. The summed E-state index contributed by atoms with van der Waals surface area (Å²) in [4.78, 5) is 23.5. The van der Waals surface area contributed by atoms with Gasteiger partial charge in [-0.3, -0.25) is 0 Å². The van der Waals surface area contributed by atoms with Crippen molar-refractivity contribution in [2.45, 2.75) is 32.0 Å². The molecule has 1 atom stereocenters. The van der Waals surface area contributed by atoms with Gasteiger partial charge in [-0.1, -0.05) is 6.07 Å². The molecule has 146 valence electrons. The van der Waals surface area contributed by atoms with Crippen LogP contribution in [0.4, 0.5) is 24.8 Å². The maximum absolute atomic E-state index is 13.2. The molecule has 0 fully saturated rings. The zero-order valence-electron chi connectivity index (χ0n) is 15.0. The molecule has 0 saturated carbocycles. The Hall–Kier alpha value is -2.88. The number of anilines is 2. The predicted molar refractivity (Wildman–Crippen MR) is 101 cm³/mol. The fourth-order valence-electron chi connectivity index (χ4n) is 2.56. The molecule has 1 N–H and O–H groups in total. The van der Waals surface area contributed by atoms with Crippen LogP contribution in [0.5, 0.6) is 0 Å². The second-order valence-corrected chi connectivity index (χ2v) is 7.49. The molecule has 3 aromatic rings. The van der Waals surface area contributed by atoms with Crippen molar-refractivity contribution in [2.24, 2.45) is 5.18 Å². The van der Waals surface area contributed by atoms with Gasteiger partial charge in [0.05, 0.1) is 0 Å². The van der Waals surface area contributed by atoms with Crippen molar-refractivity contribution in [1.29, 1.82) is 0 Å². The molecular weight excluding hydrogens is 391 g/mol. The fraction of sp³-hybridized carbons (Fsp3) is 0.278. The Balaban J connectivity index is 1.83. The number of nitrogens with one attached hydrogen (secondary N) is 1. The lowest BCUT2D eigenvalue weighted by Gasteiger charge is -2.21. The van der Waals surface area contributed by atoms with Crippen LogP contribution in [0.3, 0.4) is 0 Å². The molecule has 2 aromatic heterocycles. The summed E-state index contributed by atoms with van der Waals surface area (Å²) in [6.07, 6.45) is 0.147. The Morgan fingerprint density at radius 3 is 2.50 bits per heavy atom. The third-order valence-corrected chi connectivity index (χ3v) is 5.25. The number of alkyl halides is 3. The first kappa shape index (κ1) is 19.9. The van der Waals surface area contributed by atoms with Crippen molar-refractivity contribution in [3.8, 4) is 0 Å². The van der Waals surface area contributed by atoms with Crippen LogP contribution in [0.25, 0.3) is 0 Å². The van der Waals surface area contributed by atoms with Gasteiger partial charge in [-0.15, -0.1) is 16.2 Å². The van der Waals surface area contributed by atoms with Crippen molar-refractivity contribution >= 4 is 23.0 Å². The summed E-state index contributed by atoms with van der Waals surface area (Å²) in [5, 5.41) is 5.03. The Morgan fingerprint density at radius 1 is 1.14 bits per heavy atom. The molecular formula is C18H16F3N5OS. The predicted octanol–water partition coefficient (Wildman–Crippen LogP) is 5.12. The van der Waals surface area contributed by atoms with E-state index in [2.05, 4.69) is 25.4 Å². The lowest BCUT2D eigenvalue weighted by Crippen LogP contribution is -2.37. The van der Waals surface area contributed by atoms with Gasteiger partial charge in [-0.05, 0) is 48.4 Å². The zero-order valence-corrected chi connectivity index (χ0v) is 15.8. The first-order valence-corrected chi connectivity index (χ1v) is 9.04. The molecule has 0 aliphatic heterocycles. The highest BCUT2D eigenvalue weighted by Gasteiger charge is 2.56. The maximum Gasteiger partial charge on any atom is 0.423 e. The highest BCUT2D eigenvalue weighted by molar-refractivity contribution is 7.11. The molecule has 0 aliphatic rings. The second kappa shape index (κ2) is 7.63. The van der Waals surface area contributed by atoms with Crippen LogP contribution in [-0.4, -0.2) is 21.1 Å². The van der Waals surface area contributed by atoms with Crippen molar-refractivity contribution in [3.63, 3.8) is 0 Å². The molecule has 28 heavy (non-hydrogen) atoms. The zero-order chi connectivity index (χ0) is 20.4. The van der Waals surface area contributed by atoms with Gasteiger partial charge in [0.2, 0.25) is 11.5 Å². The first-order valence-electron chi connectivity index (χ1n) is 8.22. The van der Waals surface area contributed by atoms with Crippen LogP contribution < -0.4 is 5.32 Å². The molecule has 2 heterocycles. The highest BCUT2D eigenvalue weighted by Crippen LogP contribution is 2.43. The van der Waals surface area contributed by atoms with Gasteiger partial charge < -0.3 is 5.32 Å². The van der Waals surface area contributed by atoms with Crippen molar-refractivity contribution in [1.82, 2.24) is 15.0 Å². The van der Waals surface area contributed by atoms with E-state index in [1.54, 1.807) is 18.5 Å². The van der Waals surface area contributed by atoms with Crippen LogP contribution in [0, 0.1) is 11.8 Å². The third-order valence-electron chi connectivity index (χ3n) is 4.04. The Morgan fingerprint density at radius 2 is 1.86 bits per heavy atom. The van der Waals surface area contributed by atoms with Crippen LogP contribution in [-0.2, 0) is 12.0 Å². The molecule has 0 aliphatic carbocycles. The number of nitrogens with zero attached hydrogens (tertiary/aromatic N) is 4. The second-order valence-electron chi connectivity index (χ2n) is 6.37. The molecule has 1 aromatic carbocycles. The smallest absolute Gasteiger partial charge is 0.324 e. The number of benzene rings is 1. The first-order chi connectivity index (χ1) is 13.2. The number of rotatable bonds is 6. The number of hydrogen-bond donors (Lipinski definition) is 1. The van der Waals surface area contributed by atoms with E-state index in [9.17, 15) is 18.1 Å². The van der Waals surface area contributed by atoms with Gasteiger partial charge in [0.25, 0.3) is 0 Å². The number of halogens is 3. The summed E-state index contributed by atoms with van der Waals surface area (Å²) >= 11 is 0.832. The van der Waals surface area contributed by atoms with Gasteiger partial charge in [-0.25, -0.2) is 15.0 Å². The molecule has 6 nitrogen and oxygen atoms in total. The number of aryl methyl sites for hydroxylation is 1. The average molecular weight is 407 g/mol. The minimum atomic E-state index is -4.81. The third kappa shape index (κ3) is 4.16. The molecule has 0 amide bonds. The van der Waals surface area contributed by atoms with Gasteiger partial charge >= 0.3 is 6.18 Å². The maximum atomic E-state index is 13.2. The van der Waals surface area contributed by atoms with Gasteiger partial charge in [0.1, 0.15) is 5.01 Å². The monoisotopic (exact) mass is 407 g/mol. The normalized spacial score (nSPS) is 13.8. The molecule has 10 heteroatoms. The van der Waals surface area contributed by atoms with Gasteiger partial charge in [0, 0.05) is 35.6 Å². The molecule has 0 bridgehead atoms.